The zero-order valence-electron chi connectivity index (χ0n) is 2.27. The molecule has 0 aliphatic rings. The highest BCUT2D eigenvalue weighted by Crippen LogP contribution is 1.84. The van der Waals surface area contributed by atoms with Gasteiger partial charge in [-0.2, -0.15) is 0 Å². The molecule has 0 rings (SSSR count). The largest absolute Gasteiger partial charge is 0.147 e. The SMILES string of the molecule is Cl.PCP. The zero-order valence-corrected chi connectivity index (χ0v) is 5.40. The van der Waals surface area contributed by atoms with Crippen molar-refractivity contribution in [1.82, 2.24) is 0 Å². The summed E-state index contributed by atoms with van der Waals surface area (Å²) in [4.78, 5) is 0. The van der Waals surface area contributed by atoms with E-state index in [4.69, 9.17) is 0 Å². The summed E-state index contributed by atoms with van der Waals surface area (Å²) in [6.07, 6.45) is 0. The molecule has 0 bridgehead atoms. The number of hydrogen-bond acceptors (Lipinski definition) is 0. The van der Waals surface area contributed by atoms with Crippen LogP contribution in [0.25, 0.3) is 0 Å². The lowest BCUT2D eigenvalue weighted by Gasteiger charge is -1.49. The van der Waals surface area contributed by atoms with Crippen molar-refractivity contribution in [1.29, 1.82) is 0 Å². The third-order valence-electron chi connectivity index (χ3n) is 0. The number of hydrogen-bond donors (Lipinski definition) is 0. The normalized spacial score (nSPS) is 4.50. The molecule has 4 heavy (non-hydrogen) atoms. The van der Waals surface area contributed by atoms with Crippen LogP contribution in [0.15, 0.2) is 0 Å². The smallest absolute Gasteiger partial charge is 0.0231 e. The molecule has 0 aliphatic carbocycles. The van der Waals surface area contributed by atoms with Gasteiger partial charge in [0.1, 0.15) is 0 Å². The third kappa shape index (κ3) is 11.0. The lowest BCUT2D eigenvalue weighted by Crippen LogP contribution is -1.18. The van der Waals surface area contributed by atoms with Crippen molar-refractivity contribution >= 4 is 30.9 Å². The Bertz CT molecular complexity index is 6.00. The minimum atomic E-state index is 0. The van der Waals surface area contributed by atoms with Crippen molar-refractivity contribution in [3.05, 3.63) is 0 Å². The molecule has 2 atom stereocenters. The summed E-state index contributed by atoms with van der Waals surface area (Å²) in [6, 6.07) is 0. The van der Waals surface area contributed by atoms with Gasteiger partial charge in [-0.05, 0) is 5.90 Å². The van der Waals surface area contributed by atoms with Gasteiger partial charge in [-0.25, -0.2) is 0 Å². The molecule has 0 saturated carbocycles. The van der Waals surface area contributed by atoms with Gasteiger partial charge in [0, 0.05) is 0 Å². The molecule has 0 N–H and O–H groups in total. The maximum atomic E-state index is 2.54. The van der Waals surface area contributed by atoms with Gasteiger partial charge in [-0.3, -0.25) is 0 Å². The number of halogens is 1. The zero-order chi connectivity index (χ0) is 2.71. The average molecular weight is 116 g/mol. The summed E-state index contributed by atoms with van der Waals surface area (Å²) in [5.41, 5.74) is 0. The second kappa shape index (κ2) is 8.91. The molecule has 3 heteroatoms. The molecule has 0 aromatic rings. The van der Waals surface area contributed by atoms with E-state index in [0.29, 0.717) is 0 Å². The summed E-state index contributed by atoms with van der Waals surface area (Å²) in [7, 11) is 5.08. The highest BCUT2D eigenvalue weighted by Gasteiger charge is 1.34. The van der Waals surface area contributed by atoms with Crippen molar-refractivity contribution < 1.29 is 0 Å². The highest BCUT2D eigenvalue weighted by molar-refractivity contribution is 7.36. The minimum absolute atomic E-state index is 0. The molecule has 0 aromatic carbocycles. The Morgan fingerprint density at radius 1 is 1.25 bits per heavy atom. The van der Waals surface area contributed by atoms with E-state index >= 15 is 0 Å². The first-order valence-electron chi connectivity index (χ1n) is 0.816. The lowest BCUT2D eigenvalue weighted by atomic mass is 11.9. The van der Waals surface area contributed by atoms with Crippen LogP contribution in [-0.2, 0) is 0 Å². The standard InChI is InChI=1S/CH6P2.ClH/c2-1-3;/h1-3H2;1H. The van der Waals surface area contributed by atoms with Gasteiger partial charge in [0.2, 0.25) is 0 Å². The molecule has 0 aromatic heterocycles. The Hall–Kier alpha value is 1.15. The van der Waals surface area contributed by atoms with Crippen LogP contribution in [0.3, 0.4) is 0 Å². The summed E-state index contributed by atoms with van der Waals surface area (Å²) in [5, 5.41) is 0. The highest BCUT2D eigenvalue weighted by atomic mass is 35.5. The van der Waals surface area contributed by atoms with Gasteiger partial charge in [-0.1, -0.05) is 0 Å². The predicted octanol–water partition coefficient (Wildman–Crippen LogP) is 1.12. The lowest BCUT2D eigenvalue weighted by molar-refractivity contribution is 2.32. The van der Waals surface area contributed by atoms with E-state index in [1.165, 1.54) is 0 Å². The molecule has 0 radical (unpaired) electrons. The Kier molecular flexibility index (Phi) is 19.9. The molecular weight excluding hydrogens is 109 g/mol. The topological polar surface area (TPSA) is 0 Å². The minimum Gasteiger partial charge on any atom is -0.147 e. The van der Waals surface area contributed by atoms with E-state index in [-0.39, 0.29) is 12.4 Å². The Labute approximate surface area is 37.6 Å². The molecule has 0 fully saturated rings. The third-order valence-corrected chi connectivity index (χ3v) is 0. The van der Waals surface area contributed by atoms with Gasteiger partial charge < -0.3 is 0 Å². The second-order valence-electron chi connectivity index (χ2n) is 0.236. The molecule has 0 amide bonds. The van der Waals surface area contributed by atoms with E-state index in [1.807, 2.05) is 0 Å². The van der Waals surface area contributed by atoms with Gasteiger partial charge in [0.15, 0.2) is 0 Å². The van der Waals surface area contributed by atoms with Crippen LogP contribution in [-0.4, -0.2) is 5.90 Å². The van der Waals surface area contributed by atoms with E-state index in [2.05, 4.69) is 18.5 Å². The Balaban J connectivity index is 0. The fourth-order valence-corrected chi connectivity index (χ4v) is 0. The summed E-state index contributed by atoms with van der Waals surface area (Å²) in [6.45, 7) is 0. The van der Waals surface area contributed by atoms with E-state index in [0.717, 1.165) is 5.90 Å². The molecule has 2 unspecified atom stereocenters. The Morgan fingerprint density at radius 3 is 1.25 bits per heavy atom. The van der Waals surface area contributed by atoms with E-state index in [9.17, 15) is 0 Å². The summed E-state index contributed by atoms with van der Waals surface area (Å²) >= 11 is 0. The van der Waals surface area contributed by atoms with E-state index in [1.54, 1.807) is 0 Å². The predicted molar refractivity (Wildman–Crippen MR) is 31.5 cm³/mol. The second-order valence-corrected chi connectivity index (χ2v) is 2.12. The van der Waals surface area contributed by atoms with Crippen LogP contribution in [0.2, 0.25) is 0 Å². The molecular formula is CH7ClP2. The van der Waals surface area contributed by atoms with Gasteiger partial charge in [0.25, 0.3) is 0 Å². The first-order valence-corrected chi connectivity index (χ1v) is 2.45. The Morgan fingerprint density at radius 2 is 1.25 bits per heavy atom. The summed E-state index contributed by atoms with van der Waals surface area (Å²) in [5.74, 6) is 1.08. The molecule has 0 nitrogen and oxygen atoms in total. The van der Waals surface area contributed by atoms with Crippen LogP contribution >= 0.6 is 30.9 Å². The quantitative estimate of drug-likeness (QED) is 0.416. The molecule has 0 heterocycles. The van der Waals surface area contributed by atoms with Crippen molar-refractivity contribution in [3.63, 3.8) is 0 Å². The van der Waals surface area contributed by atoms with Crippen LogP contribution in [0.5, 0.6) is 0 Å². The fraction of sp³-hybridized carbons (Fsp3) is 1.00. The molecule has 0 spiro atoms. The average Bonchev–Trinajstić information content (AvgIpc) is 0.918. The molecule has 0 aliphatic heterocycles. The van der Waals surface area contributed by atoms with Gasteiger partial charge >= 0.3 is 0 Å². The first-order chi connectivity index (χ1) is 1.41. The van der Waals surface area contributed by atoms with Gasteiger partial charge in [0.05, 0.1) is 0 Å². The van der Waals surface area contributed by atoms with Crippen molar-refractivity contribution in [2.75, 3.05) is 5.90 Å². The van der Waals surface area contributed by atoms with Gasteiger partial charge in [-0.15, -0.1) is 30.9 Å². The maximum Gasteiger partial charge on any atom is -0.0231 e. The van der Waals surface area contributed by atoms with Crippen molar-refractivity contribution in [2.24, 2.45) is 0 Å². The van der Waals surface area contributed by atoms with Crippen molar-refractivity contribution in [2.45, 2.75) is 0 Å². The van der Waals surface area contributed by atoms with E-state index < -0.39 is 0 Å². The van der Waals surface area contributed by atoms with Crippen LogP contribution in [0.1, 0.15) is 0 Å². The number of rotatable bonds is 0. The first kappa shape index (κ1) is 8.94. The fourth-order valence-electron chi connectivity index (χ4n) is 0. The molecule has 28 valence electrons. The van der Waals surface area contributed by atoms with Crippen molar-refractivity contribution in [3.8, 4) is 0 Å². The monoisotopic (exact) mass is 116 g/mol. The van der Waals surface area contributed by atoms with Crippen LogP contribution in [0.4, 0.5) is 0 Å². The van der Waals surface area contributed by atoms with Crippen LogP contribution in [0, 0.1) is 0 Å². The van der Waals surface area contributed by atoms with Crippen LogP contribution < -0.4 is 0 Å². The molecule has 0 saturated heterocycles. The maximum absolute atomic E-state index is 2.54. The summed E-state index contributed by atoms with van der Waals surface area (Å²) < 4.78 is 0.